The second-order valence-corrected chi connectivity index (χ2v) is 4.72. The molecule has 2 atom stereocenters. The van der Waals surface area contributed by atoms with Gasteiger partial charge in [-0.2, -0.15) is 0 Å². The first-order valence-corrected chi connectivity index (χ1v) is 6.08. The van der Waals surface area contributed by atoms with Crippen molar-refractivity contribution in [3.8, 4) is 0 Å². The molecule has 1 rings (SSSR count). The quantitative estimate of drug-likeness (QED) is 0.823. The van der Waals surface area contributed by atoms with E-state index < -0.39 is 0 Å². The van der Waals surface area contributed by atoms with Gasteiger partial charge in [0.1, 0.15) is 0 Å². The summed E-state index contributed by atoms with van der Waals surface area (Å²) in [5.41, 5.74) is 1.99. The highest BCUT2D eigenvalue weighted by atomic mass is 16.5. The van der Waals surface area contributed by atoms with Gasteiger partial charge in [0.15, 0.2) is 0 Å². The summed E-state index contributed by atoms with van der Waals surface area (Å²) in [6.45, 7) is 9.18. The van der Waals surface area contributed by atoms with Crippen LogP contribution in [0.4, 0.5) is 0 Å². The fourth-order valence-corrected chi connectivity index (χ4v) is 1.86. The summed E-state index contributed by atoms with van der Waals surface area (Å²) in [4.78, 5) is 8.65. The molecule has 1 aromatic rings. The summed E-state index contributed by atoms with van der Waals surface area (Å²) in [5, 5.41) is 3.55. The monoisotopic (exact) mass is 237 g/mol. The third-order valence-corrected chi connectivity index (χ3v) is 2.94. The van der Waals surface area contributed by atoms with Gasteiger partial charge in [-0.05, 0) is 19.8 Å². The molecule has 0 spiro atoms. The van der Waals surface area contributed by atoms with E-state index >= 15 is 0 Å². The third kappa shape index (κ3) is 4.06. The maximum atomic E-state index is 5.23. The molecule has 0 aliphatic rings. The van der Waals surface area contributed by atoms with E-state index in [4.69, 9.17) is 4.74 Å². The highest BCUT2D eigenvalue weighted by molar-refractivity contribution is 5.12. The van der Waals surface area contributed by atoms with E-state index in [9.17, 15) is 0 Å². The van der Waals surface area contributed by atoms with Gasteiger partial charge in [0.05, 0.1) is 18.0 Å². The van der Waals surface area contributed by atoms with Gasteiger partial charge in [-0.3, -0.25) is 9.97 Å². The number of rotatable bonds is 6. The Balaban J connectivity index is 2.70. The van der Waals surface area contributed by atoms with Gasteiger partial charge in [-0.15, -0.1) is 0 Å². The zero-order chi connectivity index (χ0) is 12.8. The molecule has 4 nitrogen and oxygen atoms in total. The Morgan fingerprint density at radius 1 is 1.24 bits per heavy atom. The van der Waals surface area contributed by atoms with Crippen molar-refractivity contribution in [1.82, 2.24) is 15.3 Å². The lowest BCUT2D eigenvalue weighted by Crippen LogP contribution is -2.39. The van der Waals surface area contributed by atoms with Crippen molar-refractivity contribution in [2.45, 2.75) is 39.8 Å². The lowest BCUT2D eigenvalue weighted by molar-refractivity contribution is 0.141. The van der Waals surface area contributed by atoms with Crippen molar-refractivity contribution in [3.63, 3.8) is 0 Å². The molecule has 4 heteroatoms. The molecular weight excluding hydrogens is 214 g/mol. The number of hydrogen-bond donors (Lipinski definition) is 1. The Bertz CT molecular complexity index is 341. The maximum Gasteiger partial charge on any atom is 0.0782 e. The number of aromatic nitrogens is 2. The fraction of sp³-hybridized carbons (Fsp3) is 0.692. The van der Waals surface area contributed by atoms with Gasteiger partial charge in [0, 0.05) is 31.6 Å². The summed E-state index contributed by atoms with van der Waals surface area (Å²) in [5.74, 6) is 0.523. The van der Waals surface area contributed by atoms with Crippen LogP contribution in [0.5, 0.6) is 0 Å². The topological polar surface area (TPSA) is 47.0 Å². The van der Waals surface area contributed by atoms with Gasteiger partial charge < -0.3 is 10.1 Å². The van der Waals surface area contributed by atoms with Crippen LogP contribution in [0.1, 0.15) is 38.2 Å². The predicted molar refractivity (Wildman–Crippen MR) is 68.8 cm³/mol. The largest absolute Gasteiger partial charge is 0.383 e. The molecule has 0 radical (unpaired) electrons. The highest BCUT2D eigenvalue weighted by Gasteiger charge is 2.18. The first-order valence-electron chi connectivity index (χ1n) is 6.08. The lowest BCUT2D eigenvalue weighted by atomic mass is 10.0. The summed E-state index contributed by atoms with van der Waals surface area (Å²) < 4.78 is 5.23. The molecule has 0 amide bonds. The number of hydrogen-bond acceptors (Lipinski definition) is 4. The molecule has 0 aliphatic carbocycles. The standard InChI is InChI=1S/C13H23N3O/c1-9(2)12(8-17-5)16-11(4)13-10(3)14-6-7-15-13/h6-7,9,11-12,16H,8H2,1-5H3. The number of aryl methyl sites for hydroxylation is 1. The molecule has 1 N–H and O–H groups in total. The minimum absolute atomic E-state index is 0.186. The lowest BCUT2D eigenvalue weighted by Gasteiger charge is -2.26. The number of nitrogens with one attached hydrogen (secondary N) is 1. The Morgan fingerprint density at radius 3 is 2.41 bits per heavy atom. The number of ether oxygens (including phenoxy) is 1. The normalized spacial score (nSPS) is 14.9. The fourth-order valence-electron chi connectivity index (χ4n) is 1.86. The molecule has 0 bridgehead atoms. The molecule has 1 aromatic heterocycles. The van der Waals surface area contributed by atoms with Crippen molar-refractivity contribution < 1.29 is 4.74 Å². The van der Waals surface area contributed by atoms with E-state index in [0.717, 1.165) is 11.4 Å². The van der Waals surface area contributed by atoms with Crippen molar-refractivity contribution in [1.29, 1.82) is 0 Å². The van der Waals surface area contributed by atoms with Gasteiger partial charge in [0.2, 0.25) is 0 Å². The van der Waals surface area contributed by atoms with Crippen molar-refractivity contribution >= 4 is 0 Å². The zero-order valence-electron chi connectivity index (χ0n) is 11.4. The van der Waals surface area contributed by atoms with Crippen LogP contribution in [-0.2, 0) is 4.74 Å². The smallest absolute Gasteiger partial charge is 0.0782 e. The molecule has 0 fully saturated rings. The third-order valence-electron chi connectivity index (χ3n) is 2.94. The van der Waals surface area contributed by atoms with Gasteiger partial charge >= 0.3 is 0 Å². The van der Waals surface area contributed by atoms with Crippen LogP contribution in [0.15, 0.2) is 12.4 Å². The van der Waals surface area contributed by atoms with Crippen molar-refractivity contribution in [2.24, 2.45) is 5.92 Å². The Labute approximate surface area is 104 Å². The van der Waals surface area contributed by atoms with Gasteiger partial charge in [0.25, 0.3) is 0 Å². The predicted octanol–water partition coefficient (Wildman–Crippen LogP) is 2.11. The summed E-state index contributed by atoms with van der Waals surface area (Å²) in [7, 11) is 1.73. The highest BCUT2D eigenvalue weighted by Crippen LogP contribution is 2.14. The molecule has 0 saturated heterocycles. The maximum absolute atomic E-state index is 5.23. The molecule has 0 aliphatic heterocycles. The Kier molecular flexibility index (Phi) is 5.51. The first kappa shape index (κ1) is 14.1. The summed E-state index contributed by atoms with van der Waals surface area (Å²) in [6, 6.07) is 0.516. The van der Waals surface area contributed by atoms with E-state index in [-0.39, 0.29) is 6.04 Å². The summed E-state index contributed by atoms with van der Waals surface area (Å²) >= 11 is 0. The van der Waals surface area contributed by atoms with E-state index in [1.165, 1.54) is 0 Å². The first-order chi connectivity index (χ1) is 8.06. The molecular formula is C13H23N3O. The summed E-state index contributed by atoms with van der Waals surface area (Å²) in [6.07, 6.45) is 3.46. The molecule has 17 heavy (non-hydrogen) atoms. The zero-order valence-corrected chi connectivity index (χ0v) is 11.4. The van der Waals surface area contributed by atoms with Gasteiger partial charge in [-0.25, -0.2) is 0 Å². The average molecular weight is 237 g/mol. The minimum atomic E-state index is 0.186. The van der Waals surface area contributed by atoms with Crippen LogP contribution < -0.4 is 5.32 Å². The van der Waals surface area contributed by atoms with Crippen molar-refractivity contribution in [2.75, 3.05) is 13.7 Å². The Morgan fingerprint density at radius 2 is 1.88 bits per heavy atom. The Hall–Kier alpha value is -1.00. The molecule has 0 aromatic carbocycles. The van der Waals surface area contributed by atoms with E-state index in [2.05, 4.69) is 36.1 Å². The minimum Gasteiger partial charge on any atom is -0.383 e. The second-order valence-electron chi connectivity index (χ2n) is 4.72. The average Bonchev–Trinajstić information content (AvgIpc) is 2.28. The number of methoxy groups -OCH3 is 1. The molecule has 0 saturated carbocycles. The van der Waals surface area contributed by atoms with Crippen LogP contribution >= 0.6 is 0 Å². The second kappa shape index (κ2) is 6.67. The van der Waals surface area contributed by atoms with E-state index in [1.54, 1.807) is 19.5 Å². The molecule has 96 valence electrons. The molecule has 2 unspecified atom stereocenters. The van der Waals surface area contributed by atoms with E-state index in [1.807, 2.05) is 6.92 Å². The van der Waals surface area contributed by atoms with Crippen LogP contribution in [0, 0.1) is 12.8 Å². The van der Waals surface area contributed by atoms with E-state index in [0.29, 0.717) is 18.6 Å². The van der Waals surface area contributed by atoms with Gasteiger partial charge in [-0.1, -0.05) is 13.8 Å². The van der Waals surface area contributed by atoms with Crippen LogP contribution in [0.25, 0.3) is 0 Å². The van der Waals surface area contributed by atoms with Crippen LogP contribution in [-0.4, -0.2) is 29.7 Å². The van der Waals surface area contributed by atoms with Crippen LogP contribution in [0.3, 0.4) is 0 Å². The number of nitrogens with zero attached hydrogens (tertiary/aromatic N) is 2. The molecule has 1 heterocycles. The SMILES string of the molecule is COCC(NC(C)c1nccnc1C)C(C)C. The van der Waals surface area contributed by atoms with Crippen LogP contribution in [0.2, 0.25) is 0 Å². The van der Waals surface area contributed by atoms with Crippen molar-refractivity contribution in [3.05, 3.63) is 23.8 Å².